The molecule has 1 aromatic heterocycles. The predicted octanol–water partition coefficient (Wildman–Crippen LogP) is 2.07. The highest BCUT2D eigenvalue weighted by atomic mass is 16.3. The molecule has 3 rings (SSSR count). The first-order valence-electron chi connectivity index (χ1n) is 5.24. The molecule has 76 valence electrons. The Labute approximate surface area is 87.8 Å². The molecule has 1 fully saturated rings. The summed E-state index contributed by atoms with van der Waals surface area (Å²) in [7, 11) is 0. The number of aromatic nitrogens is 2. The van der Waals surface area contributed by atoms with Crippen LogP contribution in [-0.4, -0.2) is 15.1 Å². The van der Waals surface area contributed by atoms with Gasteiger partial charge in [0.15, 0.2) is 0 Å². The third-order valence-electron chi connectivity index (χ3n) is 2.92. The van der Waals surface area contributed by atoms with E-state index in [0.29, 0.717) is 5.92 Å². The van der Waals surface area contributed by atoms with Crippen molar-refractivity contribution < 1.29 is 5.11 Å². The van der Waals surface area contributed by atoms with Crippen LogP contribution < -0.4 is 0 Å². The second kappa shape index (κ2) is 3.28. The van der Waals surface area contributed by atoms with Crippen molar-refractivity contribution >= 4 is 11.0 Å². The number of hydrogen-bond donors (Lipinski definition) is 1. The summed E-state index contributed by atoms with van der Waals surface area (Å²) < 4.78 is 0. The van der Waals surface area contributed by atoms with Gasteiger partial charge in [0, 0.05) is 18.0 Å². The topological polar surface area (TPSA) is 46.0 Å². The van der Waals surface area contributed by atoms with E-state index in [1.54, 1.807) is 12.4 Å². The lowest BCUT2D eigenvalue weighted by molar-refractivity contribution is 0.155. The molecule has 0 amide bonds. The summed E-state index contributed by atoms with van der Waals surface area (Å²) in [4.78, 5) is 8.52. The number of rotatable bonds is 2. The van der Waals surface area contributed by atoms with Crippen molar-refractivity contribution in [1.82, 2.24) is 9.97 Å². The molecule has 1 atom stereocenters. The Morgan fingerprint density at radius 2 is 2.00 bits per heavy atom. The molecule has 1 aliphatic carbocycles. The lowest BCUT2D eigenvalue weighted by atomic mass is 10.0. The maximum Gasteiger partial charge on any atom is 0.0944 e. The SMILES string of the molecule is OC(c1cccc2nccnc12)C1CC1. The van der Waals surface area contributed by atoms with Crippen molar-refractivity contribution in [2.75, 3.05) is 0 Å². The number of nitrogens with zero attached hydrogens (tertiary/aromatic N) is 2. The number of para-hydroxylation sites is 1. The molecule has 3 nitrogen and oxygen atoms in total. The van der Waals surface area contributed by atoms with Crippen LogP contribution in [0.1, 0.15) is 24.5 Å². The van der Waals surface area contributed by atoms with E-state index in [2.05, 4.69) is 9.97 Å². The lowest BCUT2D eigenvalue weighted by Crippen LogP contribution is -2.01. The molecular weight excluding hydrogens is 188 g/mol. The van der Waals surface area contributed by atoms with Crippen LogP contribution >= 0.6 is 0 Å². The summed E-state index contributed by atoms with van der Waals surface area (Å²) in [6.07, 6.45) is 5.22. The summed E-state index contributed by atoms with van der Waals surface area (Å²) in [6.45, 7) is 0. The minimum Gasteiger partial charge on any atom is -0.388 e. The van der Waals surface area contributed by atoms with Gasteiger partial charge >= 0.3 is 0 Å². The van der Waals surface area contributed by atoms with Crippen molar-refractivity contribution in [3.05, 3.63) is 36.2 Å². The smallest absolute Gasteiger partial charge is 0.0944 e. The first-order valence-corrected chi connectivity index (χ1v) is 5.24. The van der Waals surface area contributed by atoms with Crippen LogP contribution in [0.5, 0.6) is 0 Å². The Hall–Kier alpha value is -1.48. The van der Waals surface area contributed by atoms with E-state index < -0.39 is 0 Å². The van der Waals surface area contributed by atoms with Gasteiger partial charge in [-0.1, -0.05) is 12.1 Å². The van der Waals surface area contributed by atoms with Crippen LogP contribution in [0.2, 0.25) is 0 Å². The normalized spacial score (nSPS) is 17.9. The molecule has 0 bridgehead atoms. The lowest BCUT2D eigenvalue weighted by Gasteiger charge is -2.11. The first kappa shape index (κ1) is 8.80. The van der Waals surface area contributed by atoms with Gasteiger partial charge in [-0.15, -0.1) is 0 Å². The van der Waals surface area contributed by atoms with E-state index in [1.807, 2.05) is 18.2 Å². The van der Waals surface area contributed by atoms with Gasteiger partial charge in [-0.3, -0.25) is 9.97 Å². The number of fused-ring (bicyclic) bond motifs is 1. The molecule has 1 unspecified atom stereocenters. The molecule has 0 spiro atoms. The second-order valence-electron chi connectivity index (χ2n) is 4.05. The van der Waals surface area contributed by atoms with E-state index in [0.717, 1.165) is 29.4 Å². The Kier molecular flexibility index (Phi) is 1.92. The van der Waals surface area contributed by atoms with Crippen molar-refractivity contribution in [1.29, 1.82) is 0 Å². The van der Waals surface area contributed by atoms with Gasteiger partial charge < -0.3 is 5.11 Å². The average Bonchev–Trinajstić information content (AvgIpc) is 3.11. The molecule has 2 aromatic rings. The molecule has 0 aliphatic heterocycles. The zero-order chi connectivity index (χ0) is 10.3. The Morgan fingerprint density at radius 1 is 1.20 bits per heavy atom. The fourth-order valence-corrected chi connectivity index (χ4v) is 1.92. The third-order valence-corrected chi connectivity index (χ3v) is 2.92. The summed E-state index contributed by atoms with van der Waals surface area (Å²) in [6, 6.07) is 5.80. The van der Waals surface area contributed by atoms with Gasteiger partial charge in [0.2, 0.25) is 0 Å². The highest BCUT2D eigenvalue weighted by Crippen LogP contribution is 2.42. The van der Waals surface area contributed by atoms with Gasteiger partial charge in [0.25, 0.3) is 0 Å². The Morgan fingerprint density at radius 3 is 2.80 bits per heavy atom. The molecule has 1 N–H and O–H groups in total. The fourth-order valence-electron chi connectivity index (χ4n) is 1.92. The molecule has 1 aromatic carbocycles. The van der Waals surface area contributed by atoms with Gasteiger partial charge in [-0.25, -0.2) is 0 Å². The van der Waals surface area contributed by atoms with E-state index >= 15 is 0 Å². The standard InChI is InChI=1S/C12H12N2O/c15-12(8-4-5-8)9-2-1-3-10-11(9)14-7-6-13-10/h1-3,6-8,12,15H,4-5H2. The monoisotopic (exact) mass is 200 g/mol. The van der Waals surface area contributed by atoms with Crippen molar-refractivity contribution in [2.45, 2.75) is 18.9 Å². The number of aliphatic hydroxyl groups excluding tert-OH is 1. The second-order valence-corrected chi connectivity index (χ2v) is 4.05. The molecule has 1 saturated carbocycles. The zero-order valence-electron chi connectivity index (χ0n) is 8.30. The first-order chi connectivity index (χ1) is 7.36. The summed E-state index contributed by atoms with van der Waals surface area (Å²) in [5.74, 6) is 0.428. The molecule has 3 heteroatoms. The Balaban J connectivity index is 2.16. The van der Waals surface area contributed by atoms with Crippen molar-refractivity contribution in [3.8, 4) is 0 Å². The van der Waals surface area contributed by atoms with Gasteiger partial charge in [0.05, 0.1) is 17.1 Å². The quantitative estimate of drug-likeness (QED) is 0.807. The summed E-state index contributed by atoms with van der Waals surface area (Å²) in [5.41, 5.74) is 2.61. The Bertz CT molecular complexity index is 488. The maximum absolute atomic E-state index is 10.1. The van der Waals surface area contributed by atoms with Crippen LogP contribution in [0.4, 0.5) is 0 Å². The van der Waals surface area contributed by atoms with Crippen LogP contribution in [-0.2, 0) is 0 Å². The zero-order valence-corrected chi connectivity index (χ0v) is 8.30. The van der Waals surface area contributed by atoms with Crippen LogP contribution in [0, 0.1) is 5.92 Å². The minimum absolute atomic E-state index is 0.370. The summed E-state index contributed by atoms with van der Waals surface area (Å²) in [5, 5.41) is 10.1. The van der Waals surface area contributed by atoms with Crippen LogP contribution in [0.3, 0.4) is 0 Å². The van der Waals surface area contributed by atoms with Gasteiger partial charge in [0.1, 0.15) is 0 Å². The predicted molar refractivity (Wildman–Crippen MR) is 57.2 cm³/mol. The van der Waals surface area contributed by atoms with Gasteiger partial charge in [-0.05, 0) is 24.8 Å². The number of aliphatic hydroxyl groups is 1. The molecule has 1 heterocycles. The van der Waals surface area contributed by atoms with Crippen molar-refractivity contribution in [3.63, 3.8) is 0 Å². The number of benzene rings is 1. The van der Waals surface area contributed by atoms with E-state index in [1.165, 1.54) is 0 Å². The van der Waals surface area contributed by atoms with Crippen LogP contribution in [0.25, 0.3) is 11.0 Å². The molecule has 0 saturated heterocycles. The fraction of sp³-hybridized carbons (Fsp3) is 0.333. The largest absolute Gasteiger partial charge is 0.388 e. The number of hydrogen-bond acceptors (Lipinski definition) is 3. The average molecular weight is 200 g/mol. The van der Waals surface area contributed by atoms with E-state index in [4.69, 9.17) is 0 Å². The third kappa shape index (κ3) is 1.49. The highest BCUT2D eigenvalue weighted by molar-refractivity contribution is 5.77. The molecule has 15 heavy (non-hydrogen) atoms. The van der Waals surface area contributed by atoms with E-state index in [-0.39, 0.29) is 6.10 Å². The molecular formula is C12H12N2O. The summed E-state index contributed by atoms with van der Waals surface area (Å²) >= 11 is 0. The maximum atomic E-state index is 10.1. The van der Waals surface area contributed by atoms with Crippen LogP contribution in [0.15, 0.2) is 30.6 Å². The molecule has 0 radical (unpaired) electrons. The highest BCUT2D eigenvalue weighted by Gasteiger charge is 2.31. The van der Waals surface area contributed by atoms with Gasteiger partial charge in [-0.2, -0.15) is 0 Å². The molecule has 1 aliphatic rings. The van der Waals surface area contributed by atoms with E-state index in [9.17, 15) is 5.11 Å². The van der Waals surface area contributed by atoms with Crippen molar-refractivity contribution in [2.24, 2.45) is 5.92 Å². The minimum atomic E-state index is -0.370.